The second kappa shape index (κ2) is 6.81. The number of hydrogen-bond acceptors (Lipinski definition) is 5. The summed E-state index contributed by atoms with van der Waals surface area (Å²) < 4.78 is 18.6. The summed E-state index contributed by atoms with van der Waals surface area (Å²) in [5.74, 6) is 0.972. The Morgan fingerprint density at radius 2 is 2.14 bits per heavy atom. The van der Waals surface area contributed by atoms with E-state index in [1.807, 2.05) is 23.6 Å². The third kappa shape index (κ3) is 3.58. The van der Waals surface area contributed by atoms with Crippen LogP contribution in [0.1, 0.15) is 18.4 Å². The van der Waals surface area contributed by atoms with Crippen molar-refractivity contribution in [3.63, 3.8) is 0 Å². The molecule has 2 heterocycles. The summed E-state index contributed by atoms with van der Waals surface area (Å²) in [6.45, 7) is 4.05. The van der Waals surface area contributed by atoms with Gasteiger partial charge in [0.1, 0.15) is 5.82 Å². The molecule has 0 bridgehead atoms. The quantitative estimate of drug-likeness (QED) is 0.690. The van der Waals surface area contributed by atoms with Gasteiger partial charge in [0.25, 0.3) is 0 Å². The first-order chi connectivity index (χ1) is 10.7. The van der Waals surface area contributed by atoms with Crippen LogP contribution in [0.2, 0.25) is 0 Å². The van der Waals surface area contributed by atoms with Crippen molar-refractivity contribution in [2.24, 2.45) is 0 Å². The summed E-state index contributed by atoms with van der Waals surface area (Å²) in [5, 5.41) is 5.98. The normalized spacial score (nSPS) is 11.2. The van der Waals surface area contributed by atoms with Gasteiger partial charge in [-0.2, -0.15) is 4.98 Å². The van der Waals surface area contributed by atoms with Crippen LogP contribution in [-0.4, -0.2) is 21.6 Å². The van der Waals surface area contributed by atoms with E-state index in [0.29, 0.717) is 24.8 Å². The predicted molar refractivity (Wildman–Crippen MR) is 83.8 cm³/mol. The molecular formula is C16H16FN3OS. The number of halogens is 1. The summed E-state index contributed by atoms with van der Waals surface area (Å²) in [5.41, 5.74) is 0.930. The molecule has 3 aromatic rings. The molecule has 0 fully saturated rings. The highest BCUT2D eigenvalue weighted by Gasteiger charge is 2.13. The van der Waals surface area contributed by atoms with Crippen LogP contribution in [0.4, 0.5) is 4.39 Å². The van der Waals surface area contributed by atoms with Crippen molar-refractivity contribution < 1.29 is 8.91 Å². The minimum Gasteiger partial charge on any atom is -0.338 e. The molecule has 22 heavy (non-hydrogen) atoms. The van der Waals surface area contributed by atoms with Gasteiger partial charge in [-0.3, -0.25) is 4.90 Å². The second-order valence-electron chi connectivity index (χ2n) is 4.92. The van der Waals surface area contributed by atoms with Crippen molar-refractivity contribution in [3.8, 4) is 10.7 Å². The standard InChI is InChI=1S/C16H16FN3OS/c1-2-20(10-12-5-3-6-13(17)9-12)11-15-18-16(19-21-15)14-7-4-8-22-14/h3-9H,2,10-11H2,1H3. The molecule has 0 N–H and O–H groups in total. The fourth-order valence-corrected chi connectivity index (χ4v) is 2.84. The Morgan fingerprint density at radius 3 is 2.86 bits per heavy atom. The highest BCUT2D eigenvalue weighted by molar-refractivity contribution is 7.13. The molecule has 6 heteroatoms. The summed E-state index contributed by atoms with van der Waals surface area (Å²) in [7, 11) is 0. The maximum atomic E-state index is 13.3. The van der Waals surface area contributed by atoms with Gasteiger partial charge in [0.15, 0.2) is 0 Å². The van der Waals surface area contributed by atoms with E-state index in [-0.39, 0.29) is 5.82 Å². The molecule has 0 radical (unpaired) electrons. The van der Waals surface area contributed by atoms with Crippen LogP contribution in [0.5, 0.6) is 0 Å². The van der Waals surface area contributed by atoms with Crippen molar-refractivity contribution in [3.05, 3.63) is 59.0 Å². The van der Waals surface area contributed by atoms with E-state index in [0.717, 1.165) is 17.0 Å². The number of hydrogen-bond donors (Lipinski definition) is 0. The lowest BCUT2D eigenvalue weighted by molar-refractivity contribution is 0.229. The Morgan fingerprint density at radius 1 is 1.23 bits per heavy atom. The molecule has 3 rings (SSSR count). The Hall–Kier alpha value is -2.05. The van der Waals surface area contributed by atoms with E-state index in [4.69, 9.17) is 4.52 Å². The number of aromatic nitrogens is 2. The molecule has 0 saturated heterocycles. The molecule has 1 aromatic carbocycles. The van der Waals surface area contributed by atoms with E-state index >= 15 is 0 Å². The fourth-order valence-electron chi connectivity index (χ4n) is 2.19. The molecule has 0 atom stereocenters. The Balaban J connectivity index is 1.68. The molecule has 0 amide bonds. The molecule has 0 unspecified atom stereocenters. The fraction of sp³-hybridized carbons (Fsp3) is 0.250. The minimum atomic E-state index is -0.216. The largest absolute Gasteiger partial charge is 0.338 e. The summed E-state index contributed by atoms with van der Waals surface area (Å²) in [6.07, 6.45) is 0. The van der Waals surface area contributed by atoms with E-state index in [1.54, 1.807) is 23.5 Å². The van der Waals surface area contributed by atoms with Crippen molar-refractivity contribution >= 4 is 11.3 Å². The second-order valence-corrected chi connectivity index (χ2v) is 5.87. The zero-order chi connectivity index (χ0) is 15.4. The van der Waals surface area contributed by atoms with Crippen LogP contribution in [0.3, 0.4) is 0 Å². The van der Waals surface area contributed by atoms with Gasteiger partial charge in [-0.1, -0.05) is 30.3 Å². The van der Waals surface area contributed by atoms with Gasteiger partial charge in [0.2, 0.25) is 11.7 Å². The molecule has 0 spiro atoms. The predicted octanol–water partition coefficient (Wildman–Crippen LogP) is 3.96. The number of benzene rings is 1. The molecular weight excluding hydrogens is 301 g/mol. The maximum absolute atomic E-state index is 13.3. The van der Waals surface area contributed by atoms with Crippen molar-refractivity contribution in [1.29, 1.82) is 0 Å². The highest BCUT2D eigenvalue weighted by Crippen LogP contribution is 2.21. The molecule has 4 nitrogen and oxygen atoms in total. The van der Waals surface area contributed by atoms with Gasteiger partial charge in [0, 0.05) is 6.54 Å². The third-order valence-electron chi connectivity index (χ3n) is 3.31. The highest BCUT2D eigenvalue weighted by atomic mass is 32.1. The van der Waals surface area contributed by atoms with Crippen molar-refractivity contribution in [2.75, 3.05) is 6.54 Å². The molecule has 2 aromatic heterocycles. The number of thiophene rings is 1. The zero-order valence-electron chi connectivity index (χ0n) is 12.2. The average Bonchev–Trinajstić information content (AvgIpc) is 3.17. The van der Waals surface area contributed by atoms with Gasteiger partial charge < -0.3 is 4.52 Å². The summed E-state index contributed by atoms with van der Waals surface area (Å²) in [4.78, 5) is 7.53. The molecule has 0 saturated carbocycles. The van der Waals surface area contributed by atoms with Crippen LogP contribution < -0.4 is 0 Å². The SMILES string of the molecule is CCN(Cc1cccc(F)c1)Cc1nc(-c2cccs2)no1. The molecule has 0 aliphatic carbocycles. The summed E-state index contributed by atoms with van der Waals surface area (Å²) >= 11 is 1.58. The number of rotatable bonds is 6. The Labute approximate surface area is 132 Å². The lowest BCUT2D eigenvalue weighted by Gasteiger charge is -2.18. The van der Waals surface area contributed by atoms with E-state index in [2.05, 4.69) is 22.0 Å². The topological polar surface area (TPSA) is 42.2 Å². The first kappa shape index (κ1) is 14.9. The van der Waals surface area contributed by atoms with Gasteiger partial charge in [-0.25, -0.2) is 4.39 Å². The van der Waals surface area contributed by atoms with Gasteiger partial charge in [-0.15, -0.1) is 11.3 Å². The maximum Gasteiger partial charge on any atom is 0.241 e. The van der Waals surface area contributed by atoms with Crippen LogP contribution in [0.25, 0.3) is 10.7 Å². The summed E-state index contributed by atoms with van der Waals surface area (Å²) in [6, 6.07) is 10.6. The first-order valence-electron chi connectivity index (χ1n) is 7.08. The van der Waals surface area contributed by atoms with E-state index in [1.165, 1.54) is 6.07 Å². The van der Waals surface area contributed by atoms with Crippen LogP contribution in [0.15, 0.2) is 46.3 Å². The van der Waals surface area contributed by atoms with Gasteiger partial charge in [-0.05, 0) is 35.7 Å². The minimum absolute atomic E-state index is 0.216. The number of nitrogens with zero attached hydrogens (tertiary/aromatic N) is 3. The Kier molecular flexibility index (Phi) is 4.60. The Bertz CT molecular complexity index is 727. The molecule has 0 aliphatic heterocycles. The van der Waals surface area contributed by atoms with Crippen LogP contribution in [0, 0.1) is 5.82 Å². The zero-order valence-corrected chi connectivity index (χ0v) is 13.0. The first-order valence-corrected chi connectivity index (χ1v) is 7.96. The monoisotopic (exact) mass is 317 g/mol. The van der Waals surface area contributed by atoms with Crippen molar-refractivity contribution in [1.82, 2.24) is 15.0 Å². The average molecular weight is 317 g/mol. The lowest BCUT2D eigenvalue weighted by atomic mass is 10.2. The lowest BCUT2D eigenvalue weighted by Crippen LogP contribution is -2.22. The third-order valence-corrected chi connectivity index (χ3v) is 4.18. The van der Waals surface area contributed by atoms with Gasteiger partial charge >= 0.3 is 0 Å². The van der Waals surface area contributed by atoms with Gasteiger partial charge in [0.05, 0.1) is 11.4 Å². The molecule has 0 aliphatic rings. The van der Waals surface area contributed by atoms with Crippen LogP contribution >= 0.6 is 11.3 Å². The smallest absolute Gasteiger partial charge is 0.241 e. The van der Waals surface area contributed by atoms with E-state index in [9.17, 15) is 4.39 Å². The molecule has 114 valence electrons. The van der Waals surface area contributed by atoms with Crippen molar-refractivity contribution in [2.45, 2.75) is 20.0 Å². The van der Waals surface area contributed by atoms with Crippen LogP contribution in [-0.2, 0) is 13.1 Å². The van der Waals surface area contributed by atoms with E-state index < -0.39 is 0 Å².